The summed E-state index contributed by atoms with van der Waals surface area (Å²) in [5.74, 6) is -7.31. The van der Waals surface area contributed by atoms with Gasteiger partial charge in [0.15, 0.2) is 0 Å². The molecule has 0 bridgehead atoms. The Morgan fingerprint density at radius 1 is 0.130 bits per heavy atom. The molecule has 0 aromatic heterocycles. The summed E-state index contributed by atoms with van der Waals surface area (Å²) in [6.45, 7) is 17.5. The largest absolute Gasteiger partial charge is 0.550 e. The number of carboxylic acid groups (broad SMARTS) is 8. The van der Waals surface area contributed by atoms with Crippen molar-refractivity contribution in [1.82, 2.24) is 0 Å². The van der Waals surface area contributed by atoms with Gasteiger partial charge in [-0.2, -0.15) is 0 Å². The third kappa shape index (κ3) is 177. The molecule has 0 aromatic rings. The number of carbonyl (C=O) groups is 8. The first-order valence-electron chi connectivity index (χ1n) is 39.8. The molecule has 0 aliphatic rings. The number of rotatable bonds is 64. The monoisotopic (exact) mass is 1800 g/mol. The van der Waals surface area contributed by atoms with Crippen LogP contribution in [-0.2, 0) is 128 Å². The molecule has 0 fully saturated rings. The topological polar surface area (TPSA) is 321 Å². The molecule has 0 spiro atoms. The quantitative estimate of drug-likeness (QED) is 0.0403. The van der Waals surface area contributed by atoms with E-state index in [1.165, 1.54) is 257 Å². The second-order valence-electron chi connectivity index (χ2n) is 25.9. The minimum absolute atomic E-state index is 0. The molecule has 0 amide bonds. The Bertz CT molecular complexity index is 1240. The van der Waals surface area contributed by atoms with Crippen molar-refractivity contribution in [2.45, 2.75) is 466 Å². The van der Waals surface area contributed by atoms with Gasteiger partial charge in [-0.1, -0.05) is 364 Å². The van der Waals surface area contributed by atoms with Crippen LogP contribution in [0.2, 0.25) is 0 Å². The average molecular weight is 1800 g/mol. The van der Waals surface area contributed by atoms with Crippen LogP contribution in [0.15, 0.2) is 0 Å². The first-order chi connectivity index (χ1) is 46.2. The molecule has 0 aliphatic carbocycles. The van der Waals surface area contributed by atoms with E-state index in [9.17, 15) is 79.2 Å². The van der Waals surface area contributed by atoms with Gasteiger partial charge in [0.2, 0.25) is 0 Å². The Morgan fingerprint density at radius 3 is 0.250 bits per heavy atom. The molecule has 0 aromatic carbocycles. The summed E-state index contributed by atoms with van der Waals surface area (Å²) in [4.78, 5) is 80.2. The van der Waals surface area contributed by atoms with E-state index in [4.69, 9.17) is 0 Å². The molecule has 100 heavy (non-hydrogen) atoms. The molecular weight excluding hydrogens is 1650 g/mol. The van der Waals surface area contributed by atoms with Crippen LogP contribution >= 0.6 is 0 Å². The molecule has 0 heterocycles. The van der Waals surface area contributed by atoms with E-state index in [0.29, 0.717) is 0 Å². The van der Waals surface area contributed by atoms with Gasteiger partial charge in [0.05, 0.1) is 0 Å². The van der Waals surface area contributed by atoms with Crippen LogP contribution in [0.3, 0.4) is 0 Å². The van der Waals surface area contributed by atoms with Gasteiger partial charge in [-0.25, -0.2) is 0 Å². The van der Waals surface area contributed by atoms with Crippen molar-refractivity contribution >= 4 is 47.8 Å². The van der Waals surface area contributed by atoms with Crippen LogP contribution in [0.25, 0.3) is 0 Å². The van der Waals surface area contributed by atoms with Crippen molar-refractivity contribution in [3.8, 4) is 0 Å². The summed E-state index contributed by atoms with van der Waals surface area (Å²) < 4.78 is 0. The summed E-state index contributed by atoms with van der Waals surface area (Å²) in [5.41, 5.74) is 0. The van der Waals surface area contributed by atoms with Crippen LogP contribution in [-0.4, -0.2) is 47.8 Å². The predicted molar refractivity (Wildman–Crippen MR) is 381 cm³/mol. The fraction of sp³-hybridized carbons (Fsp3) is 0.900. The first-order valence-corrected chi connectivity index (χ1v) is 39.8. The van der Waals surface area contributed by atoms with Gasteiger partial charge >= 0.3 is 0 Å². The SMILES string of the molecule is CCCCCCCCCC(=O)[O-].CCCCCCCCCC(=O)[O-].CCCCCCCCCC(=O)[O-].CCCCCCCCCC(=O)[O-].CCCCCCCCCC(=O)[O-].CCCCCCCCCC(=O)[O-].CCCCCCCCCC(=O)[O-].CCCCCCCCCC(=O)[O-].[Ag].[Ag].[Ag].[Ag]. The van der Waals surface area contributed by atoms with Gasteiger partial charge in [-0.3, -0.25) is 0 Å². The van der Waals surface area contributed by atoms with Crippen molar-refractivity contribution in [3.05, 3.63) is 0 Å². The van der Waals surface area contributed by atoms with E-state index >= 15 is 0 Å². The molecule has 0 rings (SSSR count). The molecule has 16 nitrogen and oxygen atoms in total. The summed E-state index contributed by atoms with van der Waals surface area (Å²) in [7, 11) is 0. The Hall–Kier alpha value is -1.28. The second kappa shape index (κ2) is 122. The van der Waals surface area contributed by atoms with Gasteiger partial charge in [-0.05, 0) is 103 Å². The molecule has 0 saturated carbocycles. The molecular formula is C80H152Ag4O16-8. The number of hydrogen-bond donors (Lipinski definition) is 0. The smallest absolute Gasteiger partial charge is 0.0414 e. The predicted octanol–water partition coefficient (Wildman–Crippen LogP) is 15.0. The third-order valence-electron chi connectivity index (χ3n) is 15.9. The van der Waals surface area contributed by atoms with E-state index in [1.54, 1.807) is 0 Å². The van der Waals surface area contributed by atoms with E-state index in [2.05, 4.69) is 55.4 Å². The van der Waals surface area contributed by atoms with Gasteiger partial charge in [-0.15, -0.1) is 0 Å². The Labute approximate surface area is 677 Å². The summed E-state index contributed by atoms with van der Waals surface area (Å²) in [6.07, 6.45) is 66.7. The molecule has 0 saturated heterocycles. The van der Waals surface area contributed by atoms with E-state index in [1.807, 2.05) is 0 Å². The van der Waals surface area contributed by atoms with Crippen molar-refractivity contribution in [3.63, 3.8) is 0 Å². The van der Waals surface area contributed by atoms with Crippen molar-refractivity contribution in [2.75, 3.05) is 0 Å². The van der Waals surface area contributed by atoms with Gasteiger partial charge in [0, 0.05) is 137 Å². The number of hydrogen-bond acceptors (Lipinski definition) is 16. The van der Waals surface area contributed by atoms with E-state index < -0.39 is 47.8 Å². The molecule has 20 heteroatoms. The summed E-state index contributed by atoms with van der Waals surface area (Å²) >= 11 is 0. The van der Waals surface area contributed by atoms with Crippen LogP contribution < -0.4 is 40.9 Å². The molecule has 0 N–H and O–H groups in total. The zero-order valence-electron chi connectivity index (χ0n) is 65.0. The van der Waals surface area contributed by atoms with Crippen LogP contribution in [0.5, 0.6) is 0 Å². The van der Waals surface area contributed by atoms with Crippen molar-refractivity contribution in [2.24, 2.45) is 0 Å². The Balaban J connectivity index is -0.0000000880. The normalized spacial score (nSPS) is 9.68. The number of carbonyl (C=O) groups excluding carboxylic acids is 8. The average Bonchev–Trinajstić information content (AvgIpc) is 3.60. The summed E-state index contributed by atoms with van der Waals surface area (Å²) in [6, 6.07) is 0. The van der Waals surface area contributed by atoms with Crippen LogP contribution in [0.1, 0.15) is 466 Å². The fourth-order valence-corrected chi connectivity index (χ4v) is 9.81. The maximum atomic E-state index is 10.0. The van der Waals surface area contributed by atoms with Crippen LogP contribution in [0.4, 0.5) is 0 Å². The number of aliphatic carboxylic acids is 8. The molecule has 4 radical (unpaired) electrons. The Morgan fingerprint density at radius 2 is 0.190 bits per heavy atom. The van der Waals surface area contributed by atoms with Crippen LogP contribution in [0, 0.1) is 0 Å². The molecule has 0 aliphatic heterocycles. The van der Waals surface area contributed by atoms with E-state index in [-0.39, 0.29) is 141 Å². The second-order valence-corrected chi connectivity index (χ2v) is 25.9. The zero-order chi connectivity index (χ0) is 73.9. The van der Waals surface area contributed by atoms with Crippen molar-refractivity contribution in [1.29, 1.82) is 0 Å². The maximum absolute atomic E-state index is 10.0. The van der Waals surface area contributed by atoms with Gasteiger partial charge < -0.3 is 79.2 Å². The number of unbranched alkanes of at least 4 members (excludes halogenated alkanes) is 48. The third-order valence-corrected chi connectivity index (χ3v) is 15.9. The minimum atomic E-state index is -0.913. The van der Waals surface area contributed by atoms with Crippen molar-refractivity contribution < 1.29 is 169 Å². The molecule has 0 atom stereocenters. The first kappa shape index (κ1) is 125. The Kier molecular flexibility index (Phi) is 152. The summed E-state index contributed by atoms with van der Waals surface area (Å²) in [5, 5.41) is 80.2. The minimum Gasteiger partial charge on any atom is -0.550 e. The maximum Gasteiger partial charge on any atom is 0.0414 e. The van der Waals surface area contributed by atoms with E-state index in [0.717, 1.165) is 103 Å². The molecule has 0 unspecified atom stereocenters. The van der Waals surface area contributed by atoms with Gasteiger partial charge in [0.25, 0.3) is 0 Å². The zero-order valence-corrected chi connectivity index (χ0v) is 70.9. The fourth-order valence-electron chi connectivity index (χ4n) is 9.81. The molecule has 620 valence electrons. The number of carboxylic acids is 8. The van der Waals surface area contributed by atoms with Gasteiger partial charge in [0.1, 0.15) is 0 Å². The standard InChI is InChI=1S/8C10H20O2.4Ag/c8*1-2-3-4-5-6-7-8-9-10(11)12;;;;/h8*2-9H2,1H3,(H,11,12);;;;/p-8.